The van der Waals surface area contributed by atoms with Gasteiger partial charge in [0.2, 0.25) is 5.95 Å². The summed E-state index contributed by atoms with van der Waals surface area (Å²) >= 11 is 0. The van der Waals surface area contributed by atoms with E-state index in [2.05, 4.69) is 41.3 Å². The minimum absolute atomic E-state index is 0.0936. The van der Waals surface area contributed by atoms with Crippen molar-refractivity contribution >= 4 is 17.5 Å². The Hall–Kier alpha value is -2.43. The maximum Gasteiger partial charge on any atom is 0.270 e. The lowest BCUT2D eigenvalue weighted by atomic mass is 9.95. The fourth-order valence-corrected chi connectivity index (χ4v) is 3.53. The Morgan fingerprint density at radius 2 is 1.92 bits per heavy atom. The zero-order valence-electron chi connectivity index (χ0n) is 16.0. The van der Waals surface area contributed by atoms with E-state index in [0.717, 1.165) is 30.8 Å². The molecule has 0 saturated heterocycles. The van der Waals surface area contributed by atoms with Gasteiger partial charge in [-0.05, 0) is 57.4 Å². The summed E-state index contributed by atoms with van der Waals surface area (Å²) in [7, 11) is 0. The van der Waals surface area contributed by atoms with Gasteiger partial charge in [-0.15, -0.1) is 0 Å². The van der Waals surface area contributed by atoms with E-state index in [1.165, 1.54) is 24.8 Å². The summed E-state index contributed by atoms with van der Waals surface area (Å²) in [6.07, 6.45) is 5.77. The van der Waals surface area contributed by atoms with Gasteiger partial charge in [-0.1, -0.05) is 31.4 Å². The first kappa shape index (κ1) is 18.4. The highest BCUT2D eigenvalue weighted by Gasteiger charge is 2.20. The van der Waals surface area contributed by atoms with E-state index >= 15 is 0 Å². The Morgan fingerprint density at radius 1 is 1.15 bits per heavy atom. The van der Waals surface area contributed by atoms with Gasteiger partial charge in [0.15, 0.2) is 0 Å². The van der Waals surface area contributed by atoms with E-state index in [1.807, 2.05) is 24.0 Å². The number of rotatable bonds is 5. The number of aromatic nitrogens is 2. The van der Waals surface area contributed by atoms with Crippen LogP contribution in [0.3, 0.4) is 0 Å². The number of carbonyl (C=O) groups excluding carboxylic acids is 1. The van der Waals surface area contributed by atoms with Crippen molar-refractivity contribution in [3.8, 4) is 0 Å². The van der Waals surface area contributed by atoms with Crippen molar-refractivity contribution in [1.82, 2.24) is 15.3 Å². The van der Waals surface area contributed by atoms with Crippen LogP contribution >= 0.6 is 0 Å². The first-order valence-corrected chi connectivity index (χ1v) is 9.57. The highest BCUT2D eigenvalue weighted by molar-refractivity contribution is 5.93. The Balaban J connectivity index is 1.85. The highest BCUT2D eigenvalue weighted by Crippen LogP contribution is 2.23. The van der Waals surface area contributed by atoms with Gasteiger partial charge in [0.25, 0.3) is 5.91 Å². The quantitative estimate of drug-likeness (QED) is 0.871. The third-order valence-corrected chi connectivity index (χ3v) is 4.89. The molecule has 5 heteroatoms. The van der Waals surface area contributed by atoms with Gasteiger partial charge < -0.3 is 10.2 Å². The van der Waals surface area contributed by atoms with E-state index in [0.29, 0.717) is 11.6 Å². The molecule has 1 heterocycles. The molecule has 0 atom stereocenters. The van der Waals surface area contributed by atoms with Crippen LogP contribution in [0.1, 0.15) is 60.8 Å². The van der Waals surface area contributed by atoms with Crippen molar-refractivity contribution in [3.63, 3.8) is 0 Å². The van der Waals surface area contributed by atoms with Crippen molar-refractivity contribution in [2.24, 2.45) is 0 Å². The number of hydrogen-bond donors (Lipinski definition) is 1. The molecule has 26 heavy (non-hydrogen) atoms. The van der Waals surface area contributed by atoms with E-state index < -0.39 is 0 Å². The fraction of sp³-hybridized carbons (Fsp3) is 0.476. The van der Waals surface area contributed by atoms with Gasteiger partial charge in [0, 0.05) is 24.0 Å². The number of nitrogens with one attached hydrogen (secondary N) is 1. The number of carbonyl (C=O) groups is 1. The fourth-order valence-electron chi connectivity index (χ4n) is 3.53. The van der Waals surface area contributed by atoms with Gasteiger partial charge in [0.1, 0.15) is 5.69 Å². The number of amides is 1. The lowest BCUT2D eigenvalue weighted by molar-refractivity contribution is 0.0922. The molecule has 138 valence electrons. The van der Waals surface area contributed by atoms with E-state index in [4.69, 9.17) is 0 Å². The minimum atomic E-state index is -0.0936. The second kappa shape index (κ2) is 8.30. The van der Waals surface area contributed by atoms with Gasteiger partial charge >= 0.3 is 0 Å². The lowest BCUT2D eigenvalue weighted by Crippen LogP contribution is -2.37. The van der Waals surface area contributed by atoms with Crippen molar-refractivity contribution in [3.05, 3.63) is 47.3 Å². The molecule has 1 N–H and O–H groups in total. The smallest absolute Gasteiger partial charge is 0.270 e. The molecule has 1 aliphatic carbocycles. The van der Waals surface area contributed by atoms with Crippen LogP contribution in [0.15, 0.2) is 30.3 Å². The van der Waals surface area contributed by atoms with E-state index in [9.17, 15) is 4.79 Å². The minimum Gasteiger partial charge on any atom is -0.348 e. The number of anilines is 2. The Labute approximate surface area is 155 Å². The number of benzene rings is 1. The zero-order chi connectivity index (χ0) is 18.5. The van der Waals surface area contributed by atoms with Gasteiger partial charge in [0.05, 0.1) is 0 Å². The molecular weight excluding hydrogens is 324 g/mol. The average Bonchev–Trinajstić information content (AvgIpc) is 2.63. The number of nitrogens with zero attached hydrogens (tertiary/aromatic N) is 3. The van der Waals surface area contributed by atoms with Crippen LogP contribution in [-0.2, 0) is 0 Å². The van der Waals surface area contributed by atoms with Crippen molar-refractivity contribution in [1.29, 1.82) is 0 Å². The van der Waals surface area contributed by atoms with Gasteiger partial charge in [-0.3, -0.25) is 4.79 Å². The number of aryl methyl sites for hydroxylation is 2. The van der Waals surface area contributed by atoms with Gasteiger partial charge in [-0.2, -0.15) is 0 Å². The lowest BCUT2D eigenvalue weighted by Gasteiger charge is -2.24. The van der Waals surface area contributed by atoms with Crippen LogP contribution in [-0.4, -0.2) is 28.5 Å². The second-order valence-electron chi connectivity index (χ2n) is 7.09. The molecule has 0 bridgehead atoms. The molecule has 0 unspecified atom stereocenters. The van der Waals surface area contributed by atoms with Crippen LogP contribution in [0.4, 0.5) is 11.6 Å². The topological polar surface area (TPSA) is 58.1 Å². The second-order valence-corrected chi connectivity index (χ2v) is 7.09. The Morgan fingerprint density at radius 3 is 2.62 bits per heavy atom. The molecule has 1 aromatic carbocycles. The summed E-state index contributed by atoms with van der Waals surface area (Å²) in [5, 5.41) is 3.15. The molecule has 0 radical (unpaired) electrons. The molecule has 1 aromatic heterocycles. The predicted octanol–water partition coefficient (Wildman–Crippen LogP) is 4.31. The molecule has 2 aromatic rings. The molecule has 0 spiro atoms. The summed E-state index contributed by atoms with van der Waals surface area (Å²) in [5.41, 5.74) is 3.47. The standard InChI is InChI=1S/C21H28N4O/c1-4-25(18-12-8-9-15(2)13-18)21-22-16(3)14-19(24-21)20(26)23-17-10-6-5-7-11-17/h8-9,12-14,17H,4-7,10-11H2,1-3H3,(H,23,26). The molecule has 1 saturated carbocycles. The summed E-state index contributed by atoms with van der Waals surface area (Å²) < 4.78 is 0. The molecule has 1 amide bonds. The predicted molar refractivity (Wildman–Crippen MR) is 105 cm³/mol. The van der Waals surface area contributed by atoms with Crippen LogP contribution in [0.25, 0.3) is 0 Å². The largest absolute Gasteiger partial charge is 0.348 e. The van der Waals surface area contributed by atoms with Crippen molar-refractivity contribution in [2.45, 2.75) is 58.9 Å². The van der Waals surface area contributed by atoms with Crippen LogP contribution in [0.5, 0.6) is 0 Å². The summed E-state index contributed by atoms with van der Waals surface area (Å²) in [4.78, 5) is 23.9. The van der Waals surface area contributed by atoms with Crippen molar-refractivity contribution < 1.29 is 4.79 Å². The third kappa shape index (κ3) is 4.40. The van der Waals surface area contributed by atoms with E-state index in [1.54, 1.807) is 6.07 Å². The van der Waals surface area contributed by atoms with Crippen LogP contribution in [0.2, 0.25) is 0 Å². The molecule has 5 nitrogen and oxygen atoms in total. The summed E-state index contributed by atoms with van der Waals surface area (Å²) in [6, 6.07) is 10.3. The SMILES string of the molecule is CCN(c1cccc(C)c1)c1nc(C)cc(C(=O)NC2CCCCC2)n1. The molecule has 1 aliphatic rings. The summed E-state index contributed by atoms with van der Waals surface area (Å²) in [5.74, 6) is 0.482. The maximum absolute atomic E-state index is 12.7. The van der Waals surface area contributed by atoms with Crippen LogP contribution < -0.4 is 10.2 Å². The Kier molecular flexibility index (Phi) is 5.86. The Bertz CT molecular complexity index is 768. The molecule has 3 rings (SSSR count). The first-order valence-electron chi connectivity index (χ1n) is 9.57. The van der Waals surface area contributed by atoms with Crippen molar-refractivity contribution in [2.75, 3.05) is 11.4 Å². The third-order valence-electron chi connectivity index (χ3n) is 4.89. The average molecular weight is 352 g/mol. The normalized spacial score (nSPS) is 14.9. The van der Waals surface area contributed by atoms with E-state index in [-0.39, 0.29) is 11.9 Å². The monoisotopic (exact) mass is 352 g/mol. The molecular formula is C21H28N4O. The molecule has 0 aliphatic heterocycles. The maximum atomic E-state index is 12.7. The molecule has 1 fully saturated rings. The zero-order valence-corrected chi connectivity index (χ0v) is 16.0. The highest BCUT2D eigenvalue weighted by atomic mass is 16.1. The number of hydrogen-bond acceptors (Lipinski definition) is 4. The summed E-state index contributed by atoms with van der Waals surface area (Å²) in [6.45, 7) is 6.77. The first-order chi connectivity index (χ1) is 12.6. The van der Waals surface area contributed by atoms with Crippen LogP contribution in [0, 0.1) is 13.8 Å². The van der Waals surface area contributed by atoms with Gasteiger partial charge in [-0.25, -0.2) is 9.97 Å².